The number of carbonyl (C=O) groups is 1. The fourth-order valence-electron chi connectivity index (χ4n) is 1.53. The maximum Gasteiger partial charge on any atom is 0.238 e. The SMILES string of the molecule is CC(NC(=O)C(C#N)C(C)C)c1cccnc1. The van der Waals surface area contributed by atoms with Crippen LogP contribution in [-0.4, -0.2) is 10.9 Å². The zero-order chi connectivity index (χ0) is 12.8. The molecule has 0 aliphatic rings. The molecule has 17 heavy (non-hydrogen) atoms. The number of hydrogen-bond acceptors (Lipinski definition) is 3. The van der Waals surface area contributed by atoms with Crippen molar-refractivity contribution < 1.29 is 4.79 Å². The largest absolute Gasteiger partial charge is 0.348 e. The Morgan fingerprint density at radius 1 is 1.47 bits per heavy atom. The molecule has 0 bridgehead atoms. The second-order valence-electron chi connectivity index (χ2n) is 4.37. The van der Waals surface area contributed by atoms with E-state index in [0.29, 0.717) is 0 Å². The zero-order valence-corrected chi connectivity index (χ0v) is 10.3. The molecular weight excluding hydrogens is 214 g/mol. The lowest BCUT2D eigenvalue weighted by atomic mass is 9.96. The van der Waals surface area contributed by atoms with Crippen LogP contribution in [0.4, 0.5) is 0 Å². The van der Waals surface area contributed by atoms with Crippen molar-refractivity contribution in [2.24, 2.45) is 11.8 Å². The molecule has 0 saturated heterocycles. The van der Waals surface area contributed by atoms with Gasteiger partial charge in [0.1, 0.15) is 5.92 Å². The Kier molecular flexibility index (Phi) is 4.65. The maximum absolute atomic E-state index is 11.8. The van der Waals surface area contributed by atoms with Crippen molar-refractivity contribution in [1.29, 1.82) is 5.26 Å². The average molecular weight is 231 g/mol. The molecule has 1 amide bonds. The number of carbonyl (C=O) groups excluding carboxylic acids is 1. The van der Waals surface area contributed by atoms with Crippen LogP contribution in [-0.2, 0) is 4.79 Å². The monoisotopic (exact) mass is 231 g/mol. The number of nitrogens with one attached hydrogen (secondary N) is 1. The van der Waals surface area contributed by atoms with Crippen LogP contribution in [0.25, 0.3) is 0 Å². The lowest BCUT2D eigenvalue weighted by molar-refractivity contribution is -0.125. The van der Waals surface area contributed by atoms with E-state index in [1.807, 2.05) is 39.0 Å². The first-order chi connectivity index (χ1) is 8.06. The molecule has 0 aliphatic carbocycles. The second kappa shape index (κ2) is 6.00. The van der Waals surface area contributed by atoms with Gasteiger partial charge >= 0.3 is 0 Å². The average Bonchev–Trinajstić information content (AvgIpc) is 2.30. The molecule has 4 nitrogen and oxygen atoms in total. The van der Waals surface area contributed by atoms with Gasteiger partial charge in [-0.1, -0.05) is 19.9 Å². The standard InChI is InChI=1S/C13H17N3O/c1-9(2)12(7-14)13(17)16-10(3)11-5-4-6-15-8-11/h4-6,8-10,12H,1-3H3,(H,16,17). The zero-order valence-electron chi connectivity index (χ0n) is 10.3. The summed E-state index contributed by atoms with van der Waals surface area (Å²) in [7, 11) is 0. The number of nitrogens with zero attached hydrogens (tertiary/aromatic N) is 2. The number of amides is 1. The van der Waals surface area contributed by atoms with Crippen LogP contribution in [0.5, 0.6) is 0 Å². The van der Waals surface area contributed by atoms with E-state index in [2.05, 4.69) is 10.3 Å². The fraction of sp³-hybridized carbons (Fsp3) is 0.462. The van der Waals surface area contributed by atoms with Gasteiger partial charge in [0, 0.05) is 12.4 Å². The number of rotatable bonds is 4. The Morgan fingerprint density at radius 2 is 2.18 bits per heavy atom. The summed E-state index contributed by atoms with van der Waals surface area (Å²) < 4.78 is 0. The Balaban J connectivity index is 2.67. The van der Waals surface area contributed by atoms with Gasteiger partial charge in [-0.25, -0.2) is 0 Å². The molecule has 0 fully saturated rings. The van der Waals surface area contributed by atoms with E-state index in [1.54, 1.807) is 12.4 Å². The highest BCUT2D eigenvalue weighted by atomic mass is 16.1. The maximum atomic E-state index is 11.8. The summed E-state index contributed by atoms with van der Waals surface area (Å²) >= 11 is 0. The van der Waals surface area contributed by atoms with Gasteiger partial charge in [0.25, 0.3) is 0 Å². The first-order valence-electron chi connectivity index (χ1n) is 5.66. The van der Waals surface area contributed by atoms with Gasteiger partial charge in [0.05, 0.1) is 12.1 Å². The predicted molar refractivity (Wildman–Crippen MR) is 64.7 cm³/mol. The first-order valence-corrected chi connectivity index (χ1v) is 5.66. The summed E-state index contributed by atoms with van der Waals surface area (Å²) in [5.41, 5.74) is 0.932. The van der Waals surface area contributed by atoms with E-state index in [4.69, 9.17) is 5.26 Å². The summed E-state index contributed by atoms with van der Waals surface area (Å²) in [4.78, 5) is 15.8. The van der Waals surface area contributed by atoms with Crippen molar-refractivity contribution in [3.05, 3.63) is 30.1 Å². The van der Waals surface area contributed by atoms with Crippen molar-refractivity contribution in [1.82, 2.24) is 10.3 Å². The van der Waals surface area contributed by atoms with Crippen LogP contribution < -0.4 is 5.32 Å². The Labute approximate surface area is 102 Å². The normalized spacial score (nSPS) is 13.8. The highest BCUT2D eigenvalue weighted by Crippen LogP contribution is 2.14. The molecule has 0 spiro atoms. The Hall–Kier alpha value is -1.89. The van der Waals surface area contributed by atoms with E-state index in [0.717, 1.165) is 5.56 Å². The van der Waals surface area contributed by atoms with Crippen LogP contribution >= 0.6 is 0 Å². The topological polar surface area (TPSA) is 65.8 Å². The van der Waals surface area contributed by atoms with Crippen molar-refractivity contribution in [3.8, 4) is 6.07 Å². The number of pyridine rings is 1. The van der Waals surface area contributed by atoms with E-state index in [9.17, 15) is 4.79 Å². The summed E-state index contributed by atoms with van der Waals surface area (Å²) in [6.07, 6.45) is 3.39. The first kappa shape index (κ1) is 13.2. The summed E-state index contributed by atoms with van der Waals surface area (Å²) in [6.45, 7) is 5.61. The van der Waals surface area contributed by atoms with Gasteiger partial charge in [-0.05, 0) is 24.5 Å². The van der Waals surface area contributed by atoms with E-state index >= 15 is 0 Å². The number of nitriles is 1. The Bertz CT molecular complexity index is 408. The quantitative estimate of drug-likeness (QED) is 0.862. The van der Waals surface area contributed by atoms with Gasteiger partial charge in [-0.3, -0.25) is 9.78 Å². The molecule has 0 aromatic carbocycles. The number of aromatic nitrogens is 1. The third kappa shape index (κ3) is 3.56. The molecule has 2 atom stereocenters. The minimum atomic E-state index is -0.603. The minimum absolute atomic E-state index is 0.0149. The third-order valence-corrected chi connectivity index (χ3v) is 2.63. The lowest BCUT2D eigenvalue weighted by Gasteiger charge is -2.18. The highest BCUT2D eigenvalue weighted by Gasteiger charge is 2.23. The molecule has 2 unspecified atom stereocenters. The molecule has 0 aliphatic heterocycles. The van der Waals surface area contributed by atoms with Crippen LogP contribution in [0.15, 0.2) is 24.5 Å². The minimum Gasteiger partial charge on any atom is -0.348 e. The van der Waals surface area contributed by atoms with Crippen LogP contribution in [0, 0.1) is 23.2 Å². The second-order valence-corrected chi connectivity index (χ2v) is 4.37. The van der Waals surface area contributed by atoms with Crippen molar-refractivity contribution in [2.45, 2.75) is 26.8 Å². The van der Waals surface area contributed by atoms with Crippen LogP contribution in [0.1, 0.15) is 32.4 Å². The van der Waals surface area contributed by atoms with E-state index in [1.165, 1.54) is 0 Å². The lowest BCUT2D eigenvalue weighted by Crippen LogP contribution is -2.34. The molecule has 0 saturated carbocycles. The third-order valence-electron chi connectivity index (χ3n) is 2.63. The number of hydrogen-bond donors (Lipinski definition) is 1. The summed E-state index contributed by atoms with van der Waals surface area (Å²) in [5, 5.41) is 11.8. The molecule has 1 heterocycles. The van der Waals surface area contributed by atoms with Crippen molar-refractivity contribution in [3.63, 3.8) is 0 Å². The molecule has 0 radical (unpaired) electrons. The molecule has 1 N–H and O–H groups in total. The predicted octanol–water partition coefficient (Wildman–Crippen LogP) is 2.05. The van der Waals surface area contributed by atoms with Gasteiger partial charge in [0.2, 0.25) is 5.91 Å². The van der Waals surface area contributed by atoms with Crippen molar-refractivity contribution in [2.75, 3.05) is 0 Å². The fourth-order valence-corrected chi connectivity index (χ4v) is 1.53. The van der Waals surface area contributed by atoms with Crippen LogP contribution in [0.2, 0.25) is 0 Å². The summed E-state index contributed by atoms with van der Waals surface area (Å²) in [6, 6.07) is 5.62. The molecule has 90 valence electrons. The van der Waals surface area contributed by atoms with Gasteiger partial charge in [-0.15, -0.1) is 0 Å². The van der Waals surface area contributed by atoms with Crippen LogP contribution in [0.3, 0.4) is 0 Å². The summed E-state index contributed by atoms with van der Waals surface area (Å²) in [5.74, 6) is -0.811. The van der Waals surface area contributed by atoms with Gasteiger partial charge < -0.3 is 5.32 Å². The highest BCUT2D eigenvalue weighted by molar-refractivity contribution is 5.81. The molecule has 1 rings (SSSR count). The van der Waals surface area contributed by atoms with Crippen molar-refractivity contribution >= 4 is 5.91 Å². The Morgan fingerprint density at radius 3 is 2.65 bits per heavy atom. The van der Waals surface area contributed by atoms with Gasteiger partial charge in [0.15, 0.2) is 0 Å². The van der Waals surface area contributed by atoms with E-state index in [-0.39, 0.29) is 17.9 Å². The molecular formula is C13H17N3O. The molecule has 4 heteroatoms. The van der Waals surface area contributed by atoms with Gasteiger partial charge in [-0.2, -0.15) is 5.26 Å². The smallest absolute Gasteiger partial charge is 0.238 e. The van der Waals surface area contributed by atoms with E-state index < -0.39 is 5.92 Å². The molecule has 1 aromatic rings. The molecule has 1 aromatic heterocycles.